The average Bonchev–Trinajstić information content (AvgIpc) is 2.46. The first kappa shape index (κ1) is 11.6. The number of aromatic nitrogens is 2. The number of nitrogens with one attached hydrogen (secondary N) is 1. The van der Waals surface area contributed by atoms with Crippen molar-refractivity contribution in [2.45, 2.75) is 27.2 Å². The lowest BCUT2D eigenvalue weighted by Crippen LogP contribution is -2.11. The Morgan fingerprint density at radius 2 is 1.93 bits per heavy atom. The van der Waals surface area contributed by atoms with Crippen molar-refractivity contribution < 1.29 is 0 Å². The summed E-state index contributed by atoms with van der Waals surface area (Å²) in [5.41, 5.74) is 2.04. The van der Waals surface area contributed by atoms with Crippen LogP contribution in [0.15, 0.2) is 23.0 Å². The van der Waals surface area contributed by atoms with Crippen LogP contribution in [-0.2, 0) is 7.05 Å². The Kier molecular flexibility index (Phi) is 3.72. The monoisotopic (exact) mass is 206 g/mol. The lowest BCUT2D eigenvalue weighted by molar-refractivity contribution is 0.751. The molecule has 0 bridgehead atoms. The molecule has 0 aliphatic rings. The molecule has 0 fully saturated rings. The summed E-state index contributed by atoms with van der Waals surface area (Å²) in [4.78, 5) is 11.4. The Labute approximate surface area is 89.7 Å². The van der Waals surface area contributed by atoms with Crippen LogP contribution in [0.3, 0.4) is 0 Å². The van der Waals surface area contributed by atoms with Gasteiger partial charge in [-0.25, -0.2) is 0 Å². The molecule has 1 heterocycles. The van der Waals surface area contributed by atoms with Gasteiger partial charge in [-0.1, -0.05) is 31.9 Å². The average molecular weight is 206 g/mol. The highest BCUT2D eigenvalue weighted by atomic mass is 16.1. The second-order valence-corrected chi connectivity index (χ2v) is 3.73. The van der Waals surface area contributed by atoms with Gasteiger partial charge >= 0.3 is 0 Å². The first-order valence-corrected chi connectivity index (χ1v) is 5.25. The van der Waals surface area contributed by atoms with Crippen LogP contribution in [0.4, 0.5) is 0 Å². The smallest absolute Gasteiger partial charge is 0.274 e. The molecule has 0 saturated heterocycles. The number of H-pyrrole nitrogens is 1. The van der Waals surface area contributed by atoms with Crippen LogP contribution in [0.5, 0.6) is 0 Å². The number of hydrogen-bond donors (Lipinski definition) is 1. The van der Waals surface area contributed by atoms with Crippen LogP contribution < -0.4 is 5.56 Å². The predicted molar refractivity (Wildman–Crippen MR) is 64.2 cm³/mol. The molecule has 0 saturated carbocycles. The first-order valence-electron chi connectivity index (χ1n) is 5.25. The van der Waals surface area contributed by atoms with Crippen LogP contribution in [0.2, 0.25) is 0 Å². The van der Waals surface area contributed by atoms with Gasteiger partial charge < -0.3 is 0 Å². The minimum atomic E-state index is 0.0358. The molecule has 1 N–H and O–H groups in total. The Balaban J connectivity index is 0.000000337. The minimum Gasteiger partial charge on any atom is -0.295 e. The van der Waals surface area contributed by atoms with E-state index in [-0.39, 0.29) is 5.56 Å². The van der Waals surface area contributed by atoms with Gasteiger partial charge in [-0.05, 0) is 19.1 Å². The SMILES string of the molecule is CCC.Cc1ccc2[nH]n(C)c(=O)c2c1. The molecule has 1 aromatic carbocycles. The van der Waals surface area contributed by atoms with Gasteiger partial charge in [0.2, 0.25) is 0 Å². The fourth-order valence-corrected chi connectivity index (χ4v) is 1.34. The topological polar surface area (TPSA) is 37.8 Å². The third kappa shape index (κ3) is 2.49. The maximum atomic E-state index is 11.4. The second kappa shape index (κ2) is 4.82. The third-order valence-corrected chi connectivity index (χ3v) is 2.00. The number of fused-ring (bicyclic) bond motifs is 1. The molecule has 0 spiro atoms. The lowest BCUT2D eigenvalue weighted by Gasteiger charge is -1.88. The summed E-state index contributed by atoms with van der Waals surface area (Å²) in [6.07, 6.45) is 1.25. The predicted octanol–water partition coefficient (Wildman–Crippen LogP) is 2.59. The number of aryl methyl sites for hydroxylation is 2. The standard InChI is InChI=1S/C9H10N2O.C3H8/c1-6-3-4-8-7(5-6)9(12)11(2)10-8;1-3-2/h3-5,10H,1-2H3;3H2,1-2H3. The molecular weight excluding hydrogens is 188 g/mol. The van der Waals surface area contributed by atoms with E-state index < -0.39 is 0 Å². The van der Waals surface area contributed by atoms with Crippen molar-refractivity contribution in [1.82, 2.24) is 9.78 Å². The molecule has 3 nitrogen and oxygen atoms in total. The molecule has 0 aliphatic carbocycles. The molecular formula is C12H18N2O. The molecule has 0 radical (unpaired) electrons. The van der Waals surface area contributed by atoms with Gasteiger partial charge in [-0.2, -0.15) is 0 Å². The second-order valence-electron chi connectivity index (χ2n) is 3.73. The fraction of sp³-hybridized carbons (Fsp3) is 0.417. The van der Waals surface area contributed by atoms with Crippen molar-refractivity contribution in [3.05, 3.63) is 34.1 Å². The Bertz CT molecular complexity index is 494. The van der Waals surface area contributed by atoms with Gasteiger partial charge in [0.15, 0.2) is 0 Å². The van der Waals surface area contributed by atoms with Gasteiger partial charge in [-0.15, -0.1) is 0 Å². The van der Waals surface area contributed by atoms with E-state index in [0.717, 1.165) is 16.5 Å². The van der Waals surface area contributed by atoms with Crippen molar-refractivity contribution in [2.75, 3.05) is 0 Å². The van der Waals surface area contributed by atoms with Crippen LogP contribution >= 0.6 is 0 Å². The summed E-state index contributed by atoms with van der Waals surface area (Å²) in [6.45, 7) is 6.23. The number of nitrogens with zero attached hydrogens (tertiary/aromatic N) is 1. The lowest BCUT2D eigenvalue weighted by atomic mass is 10.2. The van der Waals surface area contributed by atoms with Crippen molar-refractivity contribution in [2.24, 2.45) is 7.05 Å². The minimum absolute atomic E-state index is 0.0358. The van der Waals surface area contributed by atoms with E-state index in [4.69, 9.17) is 0 Å². The molecule has 0 atom stereocenters. The largest absolute Gasteiger partial charge is 0.295 e. The zero-order valence-corrected chi connectivity index (χ0v) is 9.79. The molecule has 0 amide bonds. The molecule has 2 aromatic rings. The molecule has 3 heteroatoms. The zero-order valence-electron chi connectivity index (χ0n) is 9.79. The van der Waals surface area contributed by atoms with Gasteiger partial charge in [0.1, 0.15) is 0 Å². The van der Waals surface area contributed by atoms with Crippen molar-refractivity contribution in [1.29, 1.82) is 0 Å². The highest BCUT2D eigenvalue weighted by Gasteiger charge is 2.01. The summed E-state index contributed by atoms with van der Waals surface area (Å²) in [7, 11) is 1.72. The summed E-state index contributed by atoms with van der Waals surface area (Å²) in [5, 5.41) is 3.72. The highest BCUT2D eigenvalue weighted by Crippen LogP contribution is 2.08. The van der Waals surface area contributed by atoms with Crippen molar-refractivity contribution in [3.63, 3.8) is 0 Å². The maximum Gasteiger partial charge on any atom is 0.274 e. The third-order valence-electron chi connectivity index (χ3n) is 2.00. The Morgan fingerprint density at radius 3 is 2.53 bits per heavy atom. The van der Waals surface area contributed by atoms with E-state index in [1.807, 2.05) is 25.1 Å². The van der Waals surface area contributed by atoms with Gasteiger partial charge in [0.25, 0.3) is 5.56 Å². The van der Waals surface area contributed by atoms with Crippen LogP contribution in [0.25, 0.3) is 10.9 Å². The summed E-state index contributed by atoms with van der Waals surface area (Å²) < 4.78 is 1.49. The van der Waals surface area contributed by atoms with E-state index >= 15 is 0 Å². The summed E-state index contributed by atoms with van der Waals surface area (Å²) >= 11 is 0. The Morgan fingerprint density at radius 1 is 1.33 bits per heavy atom. The molecule has 1 aromatic heterocycles. The van der Waals surface area contributed by atoms with E-state index in [9.17, 15) is 4.79 Å². The molecule has 82 valence electrons. The Hall–Kier alpha value is -1.51. The van der Waals surface area contributed by atoms with E-state index in [1.54, 1.807) is 7.05 Å². The van der Waals surface area contributed by atoms with E-state index in [0.29, 0.717) is 0 Å². The van der Waals surface area contributed by atoms with Crippen LogP contribution in [0.1, 0.15) is 25.8 Å². The first-order chi connectivity index (χ1) is 7.10. The molecule has 15 heavy (non-hydrogen) atoms. The summed E-state index contributed by atoms with van der Waals surface area (Å²) in [5.74, 6) is 0. The molecule has 2 rings (SSSR count). The molecule has 0 unspecified atom stereocenters. The number of hydrogen-bond acceptors (Lipinski definition) is 1. The zero-order chi connectivity index (χ0) is 11.4. The van der Waals surface area contributed by atoms with Gasteiger partial charge in [-0.3, -0.25) is 14.6 Å². The number of aromatic amines is 1. The fourth-order valence-electron chi connectivity index (χ4n) is 1.34. The normalized spacial score (nSPS) is 9.87. The van der Waals surface area contributed by atoms with Crippen LogP contribution in [-0.4, -0.2) is 9.78 Å². The molecule has 0 aliphatic heterocycles. The quantitative estimate of drug-likeness (QED) is 0.707. The van der Waals surface area contributed by atoms with E-state index in [1.165, 1.54) is 11.1 Å². The van der Waals surface area contributed by atoms with Crippen molar-refractivity contribution in [3.8, 4) is 0 Å². The summed E-state index contributed by atoms with van der Waals surface area (Å²) in [6, 6.07) is 5.80. The van der Waals surface area contributed by atoms with Gasteiger partial charge in [0.05, 0.1) is 10.9 Å². The van der Waals surface area contributed by atoms with Crippen molar-refractivity contribution >= 4 is 10.9 Å². The number of benzene rings is 1. The van der Waals surface area contributed by atoms with Gasteiger partial charge in [0, 0.05) is 7.05 Å². The maximum absolute atomic E-state index is 11.4. The highest BCUT2D eigenvalue weighted by molar-refractivity contribution is 5.78. The number of rotatable bonds is 0. The van der Waals surface area contributed by atoms with E-state index in [2.05, 4.69) is 18.9 Å². The van der Waals surface area contributed by atoms with Crippen LogP contribution in [0, 0.1) is 6.92 Å².